The summed E-state index contributed by atoms with van der Waals surface area (Å²) in [6.07, 6.45) is 9.30. The van der Waals surface area contributed by atoms with E-state index in [1.807, 2.05) is 19.1 Å². The van der Waals surface area contributed by atoms with E-state index in [1.165, 1.54) is 6.20 Å². The molecule has 0 radical (unpaired) electrons. The topological polar surface area (TPSA) is 152 Å². The Labute approximate surface area is 243 Å². The van der Waals surface area contributed by atoms with Gasteiger partial charge in [-0.25, -0.2) is 4.98 Å². The van der Waals surface area contributed by atoms with E-state index in [0.717, 1.165) is 30.5 Å². The van der Waals surface area contributed by atoms with Gasteiger partial charge in [-0.15, -0.1) is 0 Å². The van der Waals surface area contributed by atoms with E-state index in [0.29, 0.717) is 41.7 Å². The van der Waals surface area contributed by atoms with Gasteiger partial charge in [0.15, 0.2) is 5.82 Å². The number of methoxy groups -OCH3 is 1. The Morgan fingerprint density at radius 2 is 1.98 bits per heavy atom. The third kappa shape index (κ3) is 5.07. The number of anilines is 4. The van der Waals surface area contributed by atoms with Gasteiger partial charge in [-0.1, -0.05) is 23.8 Å². The zero-order chi connectivity index (χ0) is 28.8. The van der Waals surface area contributed by atoms with E-state index in [4.69, 9.17) is 22.1 Å². The van der Waals surface area contributed by atoms with Crippen LogP contribution in [-0.4, -0.2) is 53.4 Å². The zero-order valence-corrected chi connectivity index (χ0v) is 23.8. The van der Waals surface area contributed by atoms with Crippen molar-refractivity contribution in [1.29, 1.82) is 0 Å². The van der Waals surface area contributed by atoms with Gasteiger partial charge in [-0.05, 0) is 63.0 Å². The molecule has 216 valence electrons. The third-order valence-electron chi connectivity index (χ3n) is 8.64. The SMILES string of the molecule is CCN1C(=O)C(NC(=O)C2CC2)CCc2c1ccc(Nc1ncc(Cl)c(N[C@H]3[C@@H](C(N)=O)[C@@H]4C=C[C@H]3C4)n1)c2OC. The van der Waals surface area contributed by atoms with Crippen molar-refractivity contribution in [3.63, 3.8) is 0 Å². The molecule has 1 aliphatic heterocycles. The fraction of sp³-hybridized carbons (Fsp3) is 0.483. The van der Waals surface area contributed by atoms with Gasteiger partial charge in [0.05, 0.1) is 30.6 Å². The number of benzene rings is 1. The summed E-state index contributed by atoms with van der Waals surface area (Å²) in [6, 6.07) is 2.91. The fourth-order valence-electron chi connectivity index (χ4n) is 6.47. The number of nitrogens with one attached hydrogen (secondary N) is 3. The van der Waals surface area contributed by atoms with Gasteiger partial charge >= 0.3 is 0 Å². The van der Waals surface area contributed by atoms with Crippen LogP contribution in [0.4, 0.5) is 23.1 Å². The van der Waals surface area contributed by atoms with Crippen molar-refractivity contribution < 1.29 is 19.1 Å². The minimum atomic E-state index is -0.588. The number of amides is 3. The summed E-state index contributed by atoms with van der Waals surface area (Å²) in [5.41, 5.74) is 7.97. The number of likely N-dealkylation sites (N-methyl/N-ethyl adjacent to an activating group) is 1. The van der Waals surface area contributed by atoms with Gasteiger partial charge in [0, 0.05) is 24.1 Å². The Balaban J connectivity index is 1.25. The second-order valence-corrected chi connectivity index (χ2v) is 11.6. The van der Waals surface area contributed by atoms with Gasteiger partial charge in [-0.2, -0.15) is 4.98 Å². The molecular weight excluding hydrogens is 546 g/mol. The number of ether oxygens (including phenoxy) is 1. The Morgan fingerprint density at radius 3 is 2.68 bits per heavy atom. The van der Waals surface area contributed by atoms with E-state index in [9.17, 15) is 14.4 Å². The first kappa shape index (κ1) is 27.3. The van der Waals surface area contributed by atoms with Crippen LogP contribution in [0.1, 0.15) is 38.2 Å². The molecule has 2 heterocycles. The van der Waals surface area contributed by atoms with Crippen molar-refractivity contribution in [2.45, 2.75) is 51.1 Å². The molecule has 2 saturated carbocycles. The molecule has 2 aromatic rings. The maximum Gasteiger partial charge on any atom is 0.249 e. The quantitative estimate of drug-likeness (QED) is 0.331. The number of rotatable bonds is 9. The Hall–Kier alpha value is -3.86. The molecule has 2 fully saturated rings. The van der Waals surface area contributed by atoms with Crippen molar-refractivity contribution >= 4 is 52.5 Å². The first-order valence-corrected chi connectivity index (χ1v) is 14.5. The van der Waals surface area contributed by atoms with Crippen molar-refractivity contribution in [2.24, 2.45) is 29.4 Å². The normalized spacial score (nSPS) is 26.4. The predicted molar refractivity (Wildman–Crippen MR) is 155 cm³/mol. The largest absolute Gasteiger partial charge is 0.494 e. The van der Waals surface area contributed by atoms with Crippen LogP contribution in [-0.2, 0) is 20.8 Å². The molecule has 0 spiro atoms. The van der Waals surface area contributed by atoms with Crippen molar-refractivity contribution in [2.75, 3.05) is 29.2 Å². The van der Waals surface area contributed by atoms with Gasteiger partial charge in [0.2, 0.25) is 23.7 Å². The summed E-state index contributed by atoms with van der Waals surface area (Å²) in [7, 11) is 1.58. The Morgan fingerprint density at radius 1 is 1.20 bits per heavy atom. The number of carbonyl (C=O) groups excluding carboxylic acids is 3. The highest BCUT2D eigenvalue weighted by Crippen LogP contribution is 2.45. The second kappa shape index (κ2) is 10.8. The van der Waals surface area contributed by atoms with E-state index in [1.54, 1.807) is 12.0 Å². The molecule has 5 atom stereocenters. The van der Waals surface area contributed by atoms with Crippen LogP contribution in [0.2, 0.25) is 5.02 Å². The number of nitrogens with zero attached hydrogens (tertiary/aromatic N) is 3. The van der Waals surface area contributed by atoms with Crippen molar-refractivity contribution in [3.8, 4) is 5.75 Å². The molecule has 1 aromatic carbocycles. The van der Waals surface area contributed by atoms with Crippen LogP contribution in [0.5, 0.6) is 5.75 Å². The number of halogens is 1. The highest BCUT2D eigenvalue weighted by Gasteiger charge is 2.47. The molecule has 12 heteroatoms. The van der Waals surface area contributed by atoms with Crippen molar-refractivity contribution in [1.82, 2.24) is 15.3 Å². The van der Waals surface area contributed by atoms with Gasteiger partial charge < -0.3 is 31.3 Å². The molecule has 6 rings (SSSR count). The van der Waals surface area contributed by atoms with Crippen LogP contribution in [0, 0.1) is 23.7 Å². The van der Waals surface area contributed by atoms with Crippen LogP contribution in [0.3, 0.4) is 0 Å². The van der Waals surface area contributed by atoms with Gasteiger partial charge in [-0.3, -0.25) is 14.4 Å². The molecule has 4 aliphatic rings. The van der Waals surface area contributed by atoms with Crippen LogP contribution >= 0.6 is 11.6 Å². The Kier molecular flexibility index (Phi) is 7.23. The zero-order valence-electron chi connectivity index (χ0n) is 23.0. The number of hydrogen-bond donors (Lipinski definition) is 4. The van der Waals surface area contributed by atoms with E-state index in [-0.39, 0.29) is 53.4 Å². The molecule has 0 saturated heterocycles. The summed E-state index contributed by atoms with van der Waals surface area (Å²) in [5, 5.41) is 9.88. The molecule has 5 N–H and O–H groups in total. The van der Waals surface area contributed by atoms with Crippen molar-refractivity contribution in [3.05, 3.63) is 41.1 Å². The maximum atomic E-state index is 13.4. The fourth-order valence-corrected chi connectivity index (χ4v) is 6.62. The number of hydrogen-bond acceptors (Lipinski definition) is 8. The van der Waals surface area contributed by atoms with Crippen LogP contribution in [0.25, 0.3) is 0 Å². The number of nitrogens with two attached hydrogens (primary N) is 1. The average Bonchev–Trinajstić information content (AvgIpc) is 3.64. The molecule has 3 aliphatic carbocycles. The Bertz CT molecular complexity index is 1430. The number of carbonyl (C=O) groups is 3. The van der Waals surface area contributed by atoms with E-state index >= 15 is 0 Å². The minimum Gasteiger partial charge on any atom is -0.494 e. The predicted octanol–water partition coefficient (Wildman–Crippen LogP) is 3.16. The minimum absolute atomic E-state index is 0.0227. The number of fused-ring (bicyclic) bond motifs is 3. The summed E-state index contributed by atoms with van der Waals surface area (Å²) in [6.45, 7) is 2.37. The molecule has 1 unspecified atom stereocenters. The van der Waals surface area contributed by atoms with E-state index in [2.05, 4.69) is 38.1 Å². The monoisotopic (exact) mass is 579 g/mol. The number of allylic oxidation sites excluding steroid dienone is 1. The summed E-state index contributed by atoms with van der Waals surface area (Å²) in [4.78, 5) is 48.7. The summed E-state index contributed by atoms with van der Waals surface area (Å²) < 4.78 is 5.86. The van der Waals surface area contributed by atoms with Gasteiger partial charge in [0.1, 0.15) is 16.8 Å². The molecule has 11 nitrogen and oxygen atoms in total. The lowest BCUT2D eigenvalue weighted by molar-refractivity contribution is -0.128. The lowest BCUT2D eigenvalue weighted by Gasteiger charge is -2.27. The smallest absolute Gasteiger partial charge is 0.249 e. The summed E-state index contributed by atoms with van der Waals surface area (Å²) >= 11 is 6.46. The molecular formula is C29H34ClN7O4. The molecule has 41 heavy (non-hydrogen) atoms. The first-order valence-electron chi connectivity index (χ1n) is 14.1. The molecule has 3 amide bonds. The van der Waals surface area contributed by atoms with Gasteiger partial charge in [0.25, 0.3) is 0 Å². The third-order valence-corrected chi connectivity index (χ3v) is 8.92. The van der Waals surface area contributed by atoms with Crippen LogP contribution in [0.15, 0.2) is 30.5 Å². The highest BCUT2D eigenvalue weighted by molar-refractivity contribution is 6.32. The second-order valence-electron chi connectivity index (χ2n) is 11.2. The number of aromatic nitrogens is 2. The molecule has 2 bridgehead atoms. The molecule has 1 aromatic heterocycles. The lowest BCUT2D eigenvalue weighted by Crippen LogP contribution is -2.48. The summed E-state index contributed by atoms with van der Waals surface area (Å²) in [5.74, 6) is 0.739. The highest BCUT2D eigenvalue weighted by atomic mass is 35.5. The van der Waals surface area contributed by atoms with E-state index < -0.39 is 6.04 Å². The number of primary amides is 1. The van der Waals surface area contributed by atoms with Crippen LogP contribution < -0.4 is 31.3 Å². The average molecular weight is 580 g/mol. The lowest BCUT2D eigenvalue weighted by atomic mass is 9.88. The maximum absolute atomic E-state index is 13.4. The standard InChI is InChI=1S/C29H34ClN7O4/c1-3-37-21-11-10-19(24(41-2)17(21)8-9-20(28(37)40)33-27(39)14-4-5-14)34-29-32-13-18(30)26(36-29)35-23-16-7-6-15(12-16)22(23)25(31)38/h6-7,10-11,13-16,20,22-23H,3-5,8-9,12H2,1-2H3,(H2,31,38)(H,33,39)(H2,32,34,35,36)/t15-,16+,20?,22+,23-/m1/s1. The first-order chi connectivity index (χ1) is 19.8.